The number of carbonyl (C=O) groups is 3. The molecule has 36 heavy (non-hydrogen) atoms. The minimum absolute atomic E-state index is 0.0252. The van der Waals surface area contributed by atoms with Crippen LogP contribution in [0.4, 0.5) is 5.69 Å². The molecule has 2 bridgehead atoms. The van der Waals surface area contributed by atoms with Crippen LogP contribution in [0.1, 0.15) is 66.2 Å². The first kappa shape index (κ1) is 23.7. The molecule has 8 atom stereocenters. The van der Waals surface area contributed by atoms with Crippen molar-refractivity contribution in [3.63, 3.8) is 0 Å². The van der Waals surface area contributed by atoms with Crippen LogP contribution in [0.15, 0.2) is 35.9 Å². The molecular formula is C30H37NO5. The Balaban J connectivity index is 1.50. The molecule has 6 nitrogen and oxygen atoms in total. The second-order valence-electron chi connectivity index (χ2n) is 13.0. The Bertz CT molecular complexity index is 1200. The number of anilines is 1. The Morgan fingerprint density at radius 1 is 1.06 bits per heavy atom. The Hall–Kier alpha value is -2.63. The van der Waals surface area contributed by atoms with Crippen molar-refractivity contribution in [1.82, 2.24) is 0 Å². The van der Waals surface area contributed by atoms with Crippen molar-refractivity contribution >= 4 is 23.5 Å². The van der Waals surface area contributed by atoms with Gasteiger partial charge in [-0.05, 0) is 80.2 Å². The molecule has 3 saturated carbocycles. The van der Waals surface area contributed by atoms with Gasteiger partial charge in [-0.25, -0.2) is 4.90 Å². The third-order valence-corrected chi connectivity index (χ3v) is 11.3. The number of imide groups is 1. The largest absolute Gasteiger partial charge is 0.506 e. The molecule has 192 valence electrons. The molecule has 0 aromatic heterocycles. The first-order chi connectivity index (χ1) is 17.0. The van der Waals surface area contributed by atoms with E-state index in [1.165, 1.54) is 16.5 Å². The predicted octanol–water partition coefficient (Wildman–Crippen LogP) is 5.41. The summed E-state index contributed by atoms with van der Waals surface area (Å²) in [7, 11) is 0. The molecule has 1 aliphatic heterocycles. The number of carboxylic acid groups (broad SMARTS) is 1. The van der Waals surface area contributed by atoms with E-state index < -0.39 is 28.6 Å². The van der Waals surface area contributed by atoms with Crippen molar-refractivity contribution in [2.24, 2.45) is 51.8 Å². The van der Waals surface area contributed by atoms with Crippen molar-refractivity contribution in [1.29, 1.82) is 0 Å². The first-order valence-corrected chi connectivity index (χ1v) is 13.6. The normalized spacial score (nSPS) is 43.2. The number of benzene rings is 1. The van der Waals surface area contributed by atoms with Gasteiger partial charge >= 0.3 is 5.97 Å². The third kappa shape index (κ3) is 2.71. The Morgan fingerprint density at radius 3 is 2.44 bits per heavy atom. The van der Waals surface area contributed by atoms with Gasteiger partial charge in [-0.1, -0.05) is 51.0 Å². The zero-order valence-electron chi connectivity index (χ0n) is 21.7. The third-order valence-electron chi connectivity index (χ3n) is 11.3. The number of hydrogen-bond donors (Lipinski definition) is 2. The highest BCUT2D eigenvalue weighted by molar-refractivity contribution is 6.23. The van der Waals surface area contributed by atoms with Crippen LogP contribution in [0.3, 0.4) is 0 Å². The van der Waals surface area contributed by atoms with Crippen LogP contribution in [0.5, 0.6) is 5.75 Å². The van der Waals surface area contributed by atoms with Gasteiger partial charge in [-0.3, -0.25) is 14.4 Å². The molecule has 2 N–H and O–H groups in total. The Kier molecular flexibility index (Phi) is 4.92. The van der Waals surface area contributed by atoms with E-state index >= 15 is 0 Å². The van der Waals surface area contributed by atoms with Crippen molar-refractivity contribution in [3.05, 3.63) is 35.9 Å². The number of para-hydroxylation sites is 2. The zero-order valence-corrected chi connectivity index (χ0v) is 21.7. The van der Waals surface area contributed by atoms with Gasteiger partial charge in [0.25, 0.3) is 0 Å². The number of fused-ring (bicyclic) bond motifs is 1. The van der Waals surface area contributed by atoms with E-state index in [1.807, 2.05) is 6.92 Å². The summed E-state index contributed by atoms with van der Waals surface area (Å²) < 4.78 is 0. The average molecular weight is 492 g/mol. The Morgan fingerprint density at radius 2 is 1.78 bits per heavy atom. The maximum absolute atomic E-state index is 14.2. The van der Waals surface area contributed by atoms with Crippen LogP contribution >= 0.6 is 0 Å². The highest BCUT2D eigenvalue weighted by Gasteiger charge is 2.73. The van der Waals surface area contributed by atoms with E-state index in [4.69, 9.17) is 0 Å². The van der Waals surface area contributed by atoms with Crippen LogP contribution < -0.4 is 4.90 Å². The minimum atomic E-state index is -0.757. The molecule has 6 aliphatic rings. The van der Waals surface area contributed by atoms with Crippen LogP contribution in [0.25, 0.3) is 0 Å². The fraction of sp³-hybridized carbons (Fsp3) is 0.633. The quantitative estimate of drug-likeness (QED) is 0.436. The number of carboxylic acids is 1. The number of phenols is 1. The van der Waals surface area contributed by atoms with E-state index in [9.17, 15) is 24.6 Å². The van der Waals surface area contributed by atoms with Gasteiger partial charge < -0.3 is 10.2 Å². The van der Waals surface area contributed by atoms with Gasteiger partial charge in [0.2, 0.25) is 11.8 Å². The average Bonchev–Trinajstić information content (AvgIpc) is 3.10. The van der Waals surface area contributed by atoms with E-state index in [0.717, 1.165) is 32.1 Å². The second kappa shape index (κ2) is 7.45. The van der Waals surface area contributed by atoms with Gasteiger partial charge in [0, 0.05) is 5.41 Å². The molecule has 2 amide bonds. The number of aromatic hydroxyl groups is 1. The van der Waals surface area contributed by atoms with Crippen LogP contribution in [0, 0.1) is 51.8 Å². The fourth-order valence-corrected chi connectivity index (χ4v) is 9.85. The number of carbonyl (C=O) groups excluding carboxylic acids is 2. The molecule has 1 spiro atoms. The number of rotatable bonds is 3. The summed E-state index contributed by atoms with van der Waals surface area (Å²) in [6, 6.07) is 6.60. The number of amides is 2. The highest BCUT2D eigenvalue weighted by atomic mass is 16.4. The molecule has 1 heterocycles. The molecule has 1 saturated heterocycles. The SMILES string of the molecule is CC(C)C1=C[C@@]23CC[C@H]4[C@](C)(CCC[C@@]4(C)C(=O)O)[C@@H]2C[C@H]1[C@@H]1C(=O)N(c2ccccc2O)C(=O)[C@H]13. The Labute approximate surface area is 212 Å². The topological polar surface area (TPSA) is 94.9 Å². The van der Waals surface area contributed by atoms with Gasteiger partial charge in [0.1, 0.15) is 5.75 Å². The molecule has 1 aromatic carbocycles. The monoisotopic (exact) mass is 491 g/mol. The molecular weight excluding hydrogens is 454 g/mol. The minimum Gasteiger partial charge on any atom is -0.506 e. The summed E-state index contributed by atoms with van der Waals surface area (Å²) in [4.78, 5) is 41.9. The molecule has 6 heteroatoms. The van der Waals surface area contributed by atoms with E-state index in [1.54, 1.807) is 18.2 Å². The number of allylic oxidation sites excluding steroid dienone is 2. The number of hydrogen-bond acceptors (Lipinski definition) is 4. The lowest BCUT2D eigenvalue weighted by molar-refractivity contribution is -0.194. The van der Waals surface area contributed by atoms with Crippen LogP contribution in [-0.2, 0) is 14.4 Å². The van der Waals surface area contributed by atoms with E-state index in [2.05, 4.69) is 26.8 Å². The molecule has 5 aliphatic carbocycles. The summed E-state index contributed by atoms with van der Waals surface area (Å²) >= 11 is 0. The standard InChI is InChI=1S/C30H37NO5/c1-16(2)18-15-30-13-10-21-28(3,11-7-12-29(21,4)27(35)36)22(30)14-17(18)23-24(30)26(34)31(25(23)33)19-8-5-6-9-20(19)32/h5-6,8-9,15-17,21-24,32H,7,10-14H2,1-4H3,(H,35,36)/t17-,21+,22+,23+,24+,28+,29-,30+/m1/s1. The zero-order chi connectivity index (χ0) is 25.8. The maximum atomic E-state index is 14.2. The summed E-state index contributed by atoms with van der Waals surface area (Å²) in [5.74, 6) is -1.54. The number of nitrogens with zero attached hydrogens (tertiary/aromatic N) is 1. The smallest absolute Gasteiger partial charge is 0.309 e. The number of aliphatic carboxylic acids is 1. The summed E-state index contributed by atoms with van der Waals surface area (Å²) in [6.45, 7) is 8.55. The lowest BCUT2D eigenvalue weighted by atomic mass is 9.34. The van der Waals surface area contributed by atoms with Crippen molar-refractivity contribution in [2.75, 3.05) is 4.90 Å². The van der Waals surface area contributed by atoms with Gasteiger partial charge in [-0.2, -0.15) is 0 Å². The number of phenolic OH excluding ortho intramolecular Hbond substituents is 1. The van der Waals surface area contributed by atoms with Crippen molar-refractivity contribution in [2.45, 2.75) is 66.2 Å². The fourth-order valence-electron chi connectivity index (χ4n) is 9.85. The molecule has 7 rings (SSSR count). The molecule has 4 fully saturated rings. The first-order valence-electron chi connectivity index (χ1n) is 13.6. The summed E-state index contributed by atoms with van der Waals surface area (Å²) in [6.07, 6.45) is 7.24. The van der Waals surface area contributed by atoms with Gasteiger partial charge in [-0.15, -0.1) is 0 Å². The van der Waals surface area contributed by atoms with Gasteiger partial charge in [0.15, 0.2) is 0 Å². The van der Waals surface area contributed by atoms with Crippen molar-refractivity contribution in [3.8, 4) is 5.75 Å². The van der Waals surface area contributed by atoms with E-state index in [0.29, 0.717) is 6.42 Å². The van der Waals surface area contributed by atoms with Crippen LogP contribution in [-0.4, -0.2) is 28.0 Å². The van der Waals surface area contributed by atoms with Crippen molar-refractivity contribution < 1.29 is 24.6 Å². The summed E-state index contributed by atoms with van der Waals surface area (Å²) in [5, 5.41) is 20.8. The second-order valence-corrected chi connectivity index (χ2v) is 13.0. The lowest BCUT2D eigenvalue weighted by Gasteiger charge is -2.68. The summed E-state index contributed by atoms with van der Waals surface area (Å²) in [5.41, 5.74) is 0.153. The van der Waals surface area contributed by atoms with E-state index in [-0.39, 0.29) is 52.3 Å². The van der Waals surface area contributed by atoms with Crippen LogP contribution in [0.2, 0.25) is 0 Å². The predicted molar refractivity (Wildman–Crippen MR) is 135 cm³/mol. The lowest BCUT2D eigenvalue weighted by Crippen LogP contribution is -2.65. The maximum Gasteiger partial charge on any atom is 0.309 e. The van der Waals surface area contributed by atoms with Gasteiger partial charge in [0.05, 0.1) is 22.9 Å². The highest BCUT2D eigenvalue weighted by Crippen LogP contribution is 2.74. The molecule has 0 radical (unpaired) electrons. The molecule has 1 aromatic rings. The molecule has 0 unspecified atom stereocenters.